The van der Waals surface area contributed by atoms with E-state index in [1.54, 1.807) is 12.4 Å². The fraction of sp³-hybridized carbons (Fsp3) is 0. The second-order valence-corrected chi connectivity index (χ2v) is 7.74. The van der Waals surface area contributed by atoms with Crippen LogP contribution in [0.3, 0.4) is 0 Å². The fourth-order valence-corrected chi connectivity index (χ4v) is 4.08. The molecule has 0 fully saturated rings. The third kappa shape index (κ3) is 4.46. The van der Waals surface area contributed by atoms with Crippen molar-refractivity contribution >= 4 is 0 Å². The number of nitrogens with zero attached hydrogens (tertiary/aromatic N) is 6. The van der Waals surface area contributed by atoms with Crippen molar-refractivity contribution in [2.45, 2.75) is 0 Å². The first-order chi connectivity index (χ1) is 16.9. The van der Waals surface area contributed by atoms with E-state index in [1.165, 1.54) is 0 Å². The normalized spacial score (nSPS) is 10.6. The van der Waals surface area contributed by atoms with Crippen LogP contribution >= 0.6 is 0 Å². The number of benzene rings is 2. The fourth-order valence-electron chi connectivity index (χ4n) is 4.08. The minimum Gasteiger partial charge on any atom is -0.574 e. The van der Waals surface area contributed by atoms with Crippen LogP contribution in [0.5, 0.6) is 0 Å². The molecule has 0 spiro atoms. The first-order valence-corrected chi connectivity index (χ1v) is 10.9. The molecule has 2 aromatic carbocycles. The van der Waals surface area contributed by atoms with Gasteiger partial charge in [-0.15, -0.1) is 0 Å². The maximum Gasteiger partial charge on any atom is 2.00 e. The summed E-state index contributed by atoms with van der Waals surface area (Å²) < 4.78 is 0. The van der Waals surface area contributed by atoms with E-state index >= 15 is 0 Å². The van der Waals surface area contributed by atoms with Crippen LogP contribution in [0, 0.1) is 0 Å². The standard InChI is InChI=1S/C28H18N6.Zn/c1-3-9-21(23-11-5-13-25(31-23)27-15-17-29-33-27)19(7-1)20-8-2-4-10-22(20)24-12-6-14-26(32-24)28-16-18-30-34-28;/h1-18H;/q-2;+2. The Hall–Kier alpha value is -4.22. The van der Waals surface area contributed by atoms with E-state index in [-0.39, 0.29) is 19.5 Å². The van der Waals surface area contributed by atoms with Crippen molar-refractivity contribution in [3.05, 3.63) is 109 Å². The minimum absolute atomic E-state index is 0. The molecule has 0 aliphatic rings. The van der Waals surface area contributed by atoms with Crippen molar-refractivity contribution in [1.29, 1.82) is 0 Å². The van der Waals surface area contributed by atoms with E-state index in [4.69, 9.17) is 9.97 Å². The first kappa shape index (κ1) is 22.6. The van der Waals surface area contributed by atoms with Crippen molar-refractivity contribution in [3.63, 3.8) is 0 Å². The molecule has 0 amide bonds. The Kier molecular flexibility index (Phi) is 6.42. The third-order valence-corrected chi connectivity index (χ3v) is 5.65. The smallest absolute Gasteiger partial charge is 0.574 e. The van der Waals surface area contributed by atoms with Gasteiger partial charge in [0, 0.05) is 23.5 Å². The van der Waals surface area contributed by atoms with Crippen LogP contribution < -0.4 is 10.2 Å². The van der Waals surface area contributed by atoms with Crippen LogP contribution in [0.4, 0.5) is 0 Å². The van der Waals surface area contributed by atoms with Gasteiger partial charge in [0.2, 0.25) is 0 Å². The number of pyridine rings is 2. The molecule has 0 atom stereocenters. The first-order valence-electron chi connectivity index (χ1n) is 10.9. The largest absolute Gasteiger partial charge is 2.00 e. The molecule has 35 heavy (non-hydrogen) atoms. The monoisotopic (exact) mass is 502 g/mol. The van der Waals surface area contributed by atoms with Crippen molar-refractivity contribution < 1.29 is 19.5 Å². The molecule has 6 aromatic rings. The van der Waals surface area contributed by atoms with Crippen LogP contribution in [0.25, 0.3) is 56.4 Å². The SMILES string of the molecule is [Zn+2].c1cc(-c2ccn[n-]2)nc(-c2ccccc2-c2ccccc2-c2cccc(-c3ccn[n-]3)n2)c1. The number of hydrogen-bond acceptors (Lipinski definition) is 4. The Balaban J connectivity index is 0.00000253. The van der Waals surface area contributed by atoms with Gasteiger partial charge in [-0.1, -0.05) is 84.2 Å². The molecule has 0 bridgehead atoms. The Labute approximate surface area is 215 Å². The van der Waals surface area contributed by atoms with Gasteiger partial charge in [0.25, 0.3) is 0 Å². The molecule has 0 aliphatic carbocycles. The molecular weight excluding hydrogens is 486 g/mol. The van der Waals surface area contributed by atoms with Crippen molar-refractivity contribution in [2.75, 3.05) is 0 Å². The molecular formula is C28H18N6Zn. The van der Waals surface area contributed by atoms with Gasteiger partial charge in [0.15, 0.2) is 0 Å². The van der Waals surface area contributed by atoms with Gasteiger partial charge in [0.1, 0.15) is 0 Å². The molecule has 162 valence electrons. The Morgan fingerprint density at radius 1 is 0.400 bits per heavy atom. The molecule has 0 radical (unpaired) electrons. The summed E-state index contributed by atoms with van der Waals surface area (Å²) in [6, 6.07) is 32.3. The van der Waals surface area contributed by atoms with Gasteiger partial charge >= 0.3 is 19.5 Å². The molecule has 4 aromatic heterocycles. The molecule has 6 rings (SSSR count). The zero-order valence-corrected chi connectivity index (χ0v) is 21.7. The van der Waals surface area contributed by atoms with Gasteiger partial charge in [-0.05, 0) is 35.4 Å². The Bertz CT molecular complexity index is 1440. The van der Waals surface area contributed by atoms with E-state index < -0.39 is 0 Å². The summed E-state index contributed by atoms with van der Waals surface area (Å²) in [5.41, 5.74) is 9.09. The number of aromatic nitrogens is 6. The summed E-state index contributed by atoms with van der Waals surface area (Å²) in [4.78, 5) is 9.78. The topological polar surface area (TPSA) is 79.8 Å². The van der Waals surface area contributed by atoms with Gasteiger partial charge in [-0.2, -0.15) is 0 Å². The van der Waals surface area contributed by atoms with Crippen molar-refractivity contribution in [2.24, 2.45) is 0 Å². The Morgan fingerprint density at radius 2 is 0.800 bits per heavy atom. The summed E-state index contributed by atoms with van der Waals surface area (Å²) in [7, 11) is 0. The zero-order valence-electron chi connectivity index (χ0n) is 18.8. The molecule has 0 saturated carbocycles. The predicted molar refractivity (Wildman–Crippen MR) is 131 cm³/mol. The van der Waals surface area contributed by atoms with Gasteiger partial charge in [0.05, 0.1) is 22.8 Å². The second-order valence-electron chi connectivity index (χ2n) is 7.74. The van der Waals surface area contributed by atoms with E-state index in [2.05, 4.69) is 44.7 Å². The van der Waals surface area contributed by atoms with Gasteiger partial charge < -0.3 is 20.4 Å². The van der Waals surface area contributed by atoms with Gasteiger partial charge in [-0.3, -0.25) is 0 Å². The molecule has 0 N–H and O–H groups in total. The average molecular weight is 504 g/mol. The molecule has 6 nitrogen and oxygen atoms in total. The average Bonchev–Trinajstić information content (AvgIpc) is 3.64. The third-order valence-electron chi connectivity index (χ3n) is 5.65. The van der Waals surface area contributed by atoms with E-state index in [0.29, 0.717) is 0 Å². The molecule has 4 heterocycles. The second kappa shape index (κ2) is 9.96. The van der Waals surface area contributed by atoms with Gasteiger partial charge in [-0.25, -0.2) is 9.97 Å². The van der Waals surface area contributed by atoms with Crippen LogP contribution in [0.15, 0.2) is 109 Å². The van der Waals surface area contributed by atoms with Crippen LogP contribution in [-0.2, 0) is 19.5 Å². The molecule has 0 saturated heterocycles. The van der Waals surface area contributed by atoms with Crippen LogP contribution in [0.1, 0.15) is 0 Å². The summed E-state index contributed by atoms with van der Waals surface area (Å²) in [5.74, 6) is 0. The van der Waals surface area contributed by atoms with Crippen molar-refractivity contribution in [3.8, 4) is 56.4 Å². The number of rotatable bonds is 5. The quantitative estimate of drug-likeness (QED) is 0.288. The maximum absolute atomic E-state index is 4.89. The van der Waals surface area contributed by atoms with E-state index in [0.717, 1.165) is 56.4 Å². The summed E-state index contributed by atoms with van der Waals surface area (Å²) >= 11 is 0. The van der Waals surface area contributed by atoms with Crippen LogP contribution in [-0.4, -0.2) is 20.2 Å². The van der Waals surface area contributed by atoms with E-state index in [1.807, 2.05) is 72.8 Å². The zero-order chi connectivity index (χ0) is 22.7. The van der Waals surface area contributed by atoms with Crippen molar-refractivity contribution in [1.82, 2.24) is 30.4 Å². The maximum atomic E-state index is 4.89. The van der Waals surface area contributed by atoms with Crippen LogP contribution in [0.2, 0.25) is 0 Å². The number of hydrogen-bond donors (Lipinski definition) is 0. The molecule has 0 aliphatic heterocycles. The predicted octanol–water partition coefficient (Wildman–Crippen LogP) is 5.51. The Morgan fingerprint density at radius 3 is 1.20 bits per heavy atom. The summed E-state index contributed by atoms with van der Waals surface area (Å²) in [5, 5.41) is 16.2. The molecule has 0 unspecified atom stereocenters. The summed E-state index contributed by atoms with van der Waals surface area (Å²) in [6.07, 6.45) is 3.35. The summed E-state index contributed by atoms with van der Waals surface area (Å²) in [6.45, 7) is 0. The van der Waals surface area contributed by atoms with E-state index in [9.17, 15) is 0 Å². The molecule has 7 heteroatoms. The minimum atomic E-state index is 0.